The average molecular weight is 351 g/mol. The van der Waals surface area contributed by atoms with Crippen LogP contribution in [0.1, 0.15) is 19.4 Å². The number of benzene rings is 2. The third-order valence-electron chi connectivity index (χ3n) is 3.33. The zero-order valence-corrected chi connectivity index (χ0v) is 13.9. The fraction of sp³-hybridized carbons (Fsp3) is 0.294. The Morgan fingerprint density at radius 3 is 2.43 bits per heavy atom. The van der Waals surface area contributed by atoms with Crippen LogP contribution in [0.4, 0.5) is 15.8 Å². The highest BCUT2D eigenvalue weighted by molar-refractivity contribution is 9.10. The van der Waals surface area contributed by atoms with Crippen molar-refractivity contribution >= 4 is 27.3 Å². The zero-order valence-electron chi connectivity index (χ0n) is 12.3. The fourth-order valence-corrected chi connectivity index (χ4v) is 2.85. The lowest BCUT2D eigenvalue weighted by Gasteiger charge is -2.26. The van der Waals surface area contributed by atoms with E-state index in [4.69, 9.17) is 5.73 Å². The number of hydrogen-bond donors (Lipinski definition) is 1. The molecule has 0 bridgehead atoms. The molecule has 0 aromatic heterocycles. The van der Waals surface area contributed by atoms with Crippen LogP contribution in [0.5, 0.6) is 0 Å². The Bertz CT molecular complexity index is 596. The predicted octanol–water partition coefficient (Wildman–Crippen LogP) is 4.64. The Balaban J connectivity index is 2.43. The van der Waals surface area contributed by atoms with Gasteiger partial charge in [-0.15, -0.1) is 0 Å². The Kier molecular flexibility index (Phi) is 5.37. The summed E-state index contributed by atoms with van der Waals surface area (Å²) < 4.78 is 14.2. The second-order valence-corrected chi connectivity index (χ2v) is 6.09. The Morgan fingerprint density at radius 2 is 1.86 bits per heavy atom. The topological polar surface area (TPSA) is 29.3 Å². The van der Waals surface area contributed by atoms with Crippen LogP contribution in [0.25, 0.3) is 0 Å². The first kappa shape index (κ1) is 16.0. The van der Waals surface area contributed by atoms with Crippen LogP contribution >= 0.6 is 15.9 Å². The lowest BCUT2D eigenvalue weighted by atomic mass is 10.0. The molecule has 0 heterocycles. The molecule has 0 aliphatic heterocycles. The van der Waals surface area contributed by atoms with Gasteiger partial charge in [0.25, 0.3) is 0 Å². The minimum absolute atomic E-state index is 0.0879. The summed E-state index contributed by atoms with van der Waals surface area (Å²) in [5.41, 5.74) is 9.24. The first-order valence-electron chi connectivity index (χ1n) is 7.08. The van der Waals surface area contributed by atoms with Gasteiger partial charge in [0.2, 0.25) is 0 Å². The van der Waals surface area contributed by atoms with Crippen LogP contribution in [0, 0.1) is 5.82 Å². The molecule has 1 atom stereocenters. The monoisotopic (exact) mass is 350 g/mol. The van der Waals surface area contributed by atoms with Gasteiger partial charge >= 0.3 is 0 Å². The molecule has 2 aromatic carbocycles. The fourth-order valence-electron chi connectivity index (χ4n) is 2.44. The van der Waals surface area contributed by atoms with Gasteiger partial charge in [0, 0.05) is 28.4 Å². The second-order valence-electron chi connectivity index (χ2n) is 5.18. The smallest absolute Gasteiger partial charge is 0.123 e. The normalized spacial score (nSPS) is 12.2. The summed E-state index contributed by atoms with van der Waals surface area (Å²) >= 11 is 3.51. The molecule has 112 valence electrons. The maximum Gasteiger partial charge on any atom is 0.123 e. The highest BCUT2D eigenvalue weighted by Crippen LogP contribution is 2.31. The van der Waals surface area contributed by atoms with E-state index in [1.54, 1.807) is 12.1 Å². The van der Waals surface area contributed by atoms with E-state index in [0.29, 0.717) is 0 Å². The summed E-state index contributed by atoms with van der Waals surface area (Å²) in [5.74, 6) is -0.221. The van der Waals surface area contributed by atoms with Crippen molar-refractivity contribution in [1.29, 1.82) is 0 Å². The van der Waals surface area contributed by atoms with Gasteiger partial charge in [-0.2, -0.15) is 0 Å². The van der Waals surface area contributed by atoms with Crippen LogP contribution in [0.15, 0.2) is 46.9 Å². The molecule has 0 amide bonds. The summed E-state index contributed by atoms with van der Waals surface area (Å²) in [7, 11) is 0. The van der Waals surface area contributed by atoms with E-state index in [9.17, 15) is 4.39 Å². The molecule has 0 aliphatic carbocycles. The molecule has 0 saturated carbocycles. The van der Waals surface area contributed by atoms with Crippen LogP contribution in [-0.2, 0) is 6.42 Å². The summed E-state index contributed by atoms with van der Waals surface area (Å²) in [6.45, 7) is 4.89. The molecule has 1 unspecified atom stereocenters. The van der Waals surface area contributed by atoms with E-state index in [-0.39, 0.29) is 11.9 Å². The van der Waals surface area contributed by atoms with Crippen molar-refractivity contribution in [3.63, 3.8) is 0 Å². The molecule has 2 nitrogen and oxygen atoms in total. The maximum atomic E-state index is 13.1. The summed E-state index contributed by atoms with van der Waals surface area (Å²) in [5, 5.41) is 0. The van der Waals surface area contributed by atoms with Gasteiger partial charge in [-0.1, -0.05) is 15.9 Å². The van der Waals surface area contributed by atoms with E-state index in [0.717, 1.165) is 28.8 Å². The Hall–Kier alpha value is -1.39. The standard InChI is InChI=1S/C17H20BrFN2/c1-3-21(16-7-5-15(19)6-8-16)17-9-4-14(18)11-13(17)10-12(2)20/h4-9,11-12H,3,10,20H2,1-2H3. The van der Waals surface area contributed by atoms with E-state index in [1.807, 2.05) is 13.0 Å². The first-order chi connectivity index (χ1) is 10.0. The Labute approximate surface area is 133 Å². The minimum atomic E-state index is -0.221. The molecule has 21 heavy (non-hydrogen) atoms. The molecule has 0 spiro atoms. The first-order valence-corrected chi connectivity index (χ1v) is 7.87. The third-order valence-corrected chi connectivity index (χ3v) is 3.82. The quantitative estimate of drug-likeness (QED) is 0.851. The number of halogens is 2. The van der Waals surface area contributed by atoms with Gasteiger partial charge in [0.15, 0.2) is 0 Å². The lowest BCUT2D eigenvalue weighted by Crippen LogP contribution is -2.22. The molecule has 2 N–H and O–H groups in total. The summed E-state index contributed by atoms with van der Waals surface area (Å²) in [6, 6.07) is 12.9. The van der Waals surface area contributed by atoms with E-state index in [1.165, 1.54) is 17.7 Å². The average Bonchev–Trinajstić information content (AvgIpc) is 2.43. The van der Waals surface area contributed by atoms with Crippen molar-refractivity contribution in [2.45, 2.75) is 26.3 Å². The van der Waals surface area contributed by atoms with Gasteiger partial charge in [-0.3, -0.25) is 0 Å². The van der Waals surface area contributed by atoms with E-state index in [2.05, 4.69) is 39.9 Å². The van der Waals surface area contributed by atoms with Crippen LogP contribution in [0.2, 0.25) is 0 Å². The largest absolute Gasteiger partial charge is 0.342 e. The van der Waals surface area contributed by atoms with Gasteiger partial charge in [-0.25, -0.2) is 4.39 Å². The predicted molar refractivity (Wildman–Crippen MR) is 90.6 cm³/mol. The highest BCUT2D eigenvalue weighted by atomic mass is 79.9. The molecule has 0 fully saturated rings. The number of nitrogens with zero attached hydrogens (tertiary/aromatic N) is 1. The van der Waals surface area contributed by atoms with Crippen LogP contribution in [-0.4, -0.2) is 12.6 Å². The maximum absolute atomic E-state index is 13.1. The van der Waals surface area contributed by atoms with Crippen molar-refractivity contribution in [2.24, 2.45) is 5.73 Å². The molecule has 0 radical (unpaired) electrons. The Morgan fingerprint density at radius 1 is 1.19 bits per heavy atom. The zero-order chi connectivity index (χ0) is 15.4. The van der Waals surface area contributed by atoms with Crippen molar-refractivity contribution in [3.8, 4) is 0 Å². The van der Waals surface area contributed by atoms with Gasteiger partial charge in [0.05, 0.1) is 0 Å². The molecule has 2 aromatic rings. The van der Waals surface area contributed by atoms with Gasteiger partial charge in [-0.05, 0) is 68.3 Å². The summed E-state index contributed by atoms with van der Waals surface area (Å²) in [6.07, 6.45) is 0.798. The second kappa shape index (κ2) is 7.05. The third kappa shape index (κ3) is 4.05. The van der Waals surface area contributed by atoms with Crippen LogP contribution in [0.3, 0.4) is 0 Å². The molecule has 0 saturated heterocycles. The van der Waals surface area contributed by atoms with E-state index >= 15 is 0 Å². The lowest BCUT2D eigenvalue weighted by molar-refractivity contribution is 0.628. The molecular formula is C17H20BrFN2. The number of hydrogen-bond acceptors (Lipinski definition) is 2. The van der Waals surface area contributed by atoms with E-state index < -0.39 is 0 Å². The van der Waals surface area contributed by atoms with Crippen molar-refractivity contribution in [1.82, 2.24) is 0 Å². The van der Waals surface area contributed by atoms with Crippen molar-refractivity contribution in [2.75, 3.05) is 11.4 Å². The number of nitrogens with two attached hydrogens (primary N) is 1. The molecule has 2 rings (SSSR count). The van der Waals surface area contributed by atoms with Gasteiger partial charge < -0.3 is 10.6 Å². The molecule has 4 heteroatoms. The molecule has 0 aliphatic rings. The van der Waals surface area contributed by atoms with Gasteiger partial charge in [0.1, 0.15) is 5.82 Å². The SMILES string of the molecule is CCN(c1ccc(F)cc1)c1ccc(Br)cc1CC(C)N. The molecular weight excluding hydrogens is 331 g/mol. The minimum Gasteiger partial charge on any atom is -0.342 e. The van der Waals surface area contributed by atoms with Crippen LogP contribution < -0.4 is 10.6 Å². The van der Waals surface area contributed by atoms with Crippen molar-refractivity contribution in [3.05, 3.63) is 58.3 Å². The summed E-state index contributed by atoms with van der Waals surface area (Å²) in [4.78, 5) is 2.17. The highest BCUT2D eigenvalue weighted by Gasteiger charge is 2.13. The van der Waals surface area contributed by atoms with Crippen molar-refractivity contribution < 1.29 is 4.39 Å². The number of rotatable bonds is 5. The number of anilines is 2.